The molecule has 1 saturated heterocycles. The molecule has 2 N–H and O–H groups in total. The molecular weight excluding hydrogens is 242 g/mol. The summed E-state index contributed by atoms with van der Waals surface area (Å²) >= 11 is 0. The minimum Gasteiger partial charge on any atom is -0.444 e. The van der Waals surface area contributed by atoms with Gasteiger partial charge >= 0.3 is 6.09 Å². The summed E-state index contributed by atoms with van der Waals surface area (Å²) in [5.41, 5.74) is 5.46. The average Bonchev–Trinajstić information content (AvgIpc) is 2.74. The summed E-state index contributed by atoms with van der Waals surface area (Å²) in [6.07, 6.45) is 0.694. The third-order valence-electron chi connectivity index (χ3n) is 3.80. The van der Waals surface area contributed by atoms with E-state index >= 15 is 0 Å². The third kappa shape index (κ3) is 3.83. The van der Waals surface area contributed by atoms with Crippen molar-refractivity contribution >= 4 is 6.09 Å². The van der Waals surface area contributed by atoms with Gasteiger partial charge < -0.3 is 15.4 Å². The molecule has 0 aromatic heterocycles. The van der Waals surface area contributed by atoms with Crippen LogP contribution in [-0.4, -0.2) is 59.8 Å². The van der Waals surface area contributed by atoms with E-state index in [2.05, 4.69) is 18.7 Å². The van der Waals surface area contributed by atoms with Crippen LogP contribution in [0.4, 0.5) is 4.79 Å². The maximum Gasteiger partial charge on any atom is 0.410 e. The zero-order valence-electron chi connectivity index (χ0n) is 13.0. The van der Waals surface area contributed by atoms with Crippen molar-refractivity contribution in [1.29, 1.82) is 0 Å². The molecule has 1 fully saturated rings. The standard InChI is InChI=1S/C14H29N3O2/c1-6-17(7-2)14(10-15)8-9-16(11-14)12(18)19-13(3,4)5/h6-11,15H2,1-5H3. The van der Waals surface area contributed by atoms with Crippen molar-refractivity contribution in [2.24, 2.45) is 5.73 Å². The van der Waals surface area contributed by atoms with E-state index in [4.69, 9.17) is 10.5 Å². The topological polar surface area (TPSA) is 58.8 Å². The van der Waals surface area contributed by atoms with Crippen molar-refractivity contribution in [2.45, 2.75) is 52.2 Å². The van der Waals surface area contributed by atoms with Crippen LogP contribution in [0.3, 0.4) is 0 Å². The van der Waals surface area contributed by atoms with Gasteiger partial charge in [-0.3, -0.25) is 4.90 Å². The summed E-state index contributed by atoms with van der Waals surface area (Å²) in [6.45, 7) is 13.8. The smallest absolute Gasteiger partial charge is 0.410 e. The van der Waals surface area contributed by atoms with Gasteiger partial charge in [0.25, 0.3) is 0 Å². The Morgan fingerprint density at radius 1 is 1.37 bits per heavy atom. The number of hydrogen-bond acceptors (Lipinski definition) is 4. The van der Waals surface area contributed by atoms with Crippen molar-refractivity contribution in [3.05, 3.63) is 0 Å². The van der Waals surface area contributed by atoms with Crippen LogP contribution in [0.1, 0.15) is 41.0 Å². The zero-order valence-corrected chi connectivity index (χ0v) is 13.0. The fourth-order valence-electron chi connectivity index (χ4n) is 2.79. The van der Waals surface area contributed by atoms with Gasteiger partial charge in [-0.05, 0) is 40.3 Å². The number of nitrogens with zero attached hydrogens (tertiary/aromatic N) is 2. The van der Waals surface area contributed by atoms with Crippen LogP contribution in [-0.2, 0) is 4.74 Å². The Morgan fingerprint density at radius 2 is 1.95 bits per heavy atom. The number of likely N-dealkylation sites (N-methyl/N-ethyl adjacent to an activating group) is 1. The van der Waals surface area contributed by atoms with Gasteiger partial charge in [0.05, 0.1) is 5.54 Å². The Kier molecular flexibility index (Phi) is 5.21. The maximum atomic E-state index is 12.1. The molecule has 1 aliphatic heterocycles. The largest absolute Gasteiger partial charge is 0.444 e. The lowest BCUT2D eigenvalue weighted by atomic mass is 9.96. The number of hydrogen-bond donors (Lipinski definition) is 1. The lowest BCUT2D eigenvalue weighted by molar-refractivity contribution is 0.0246. The Morgan fingerprint density at radius 3 is 2.37 bits per heavy atom. The summed E-state index contributed by atoms with van der Waals surface area (Å²) in [7, 11) is 0. The molecule has 112 valence electrons. The van der Waals surface area contributed by atoms with Crippen LogP contribution >= 0.6 is 0 Å². The first-order chi connectivity index (χ1) is 8.78. The summed E-state index contributed by atoms with van der Waals surface area (Å²) in [6, 6.07) is 0. The monoisotopic (exact) mass is 271 g/mol. The van der Waals surface area contributed by atoms with Gasteiger partial charge in [-0.15, -0.1) is 0 Å². The molecule has 0 spiro atoms. The Labute approximate surface area is 117 Å². The van der Waals surface area contributed by atoms with E-state index in [9.17, 15) is 4.79 Å². The number of carbonyl (C=O) groups is 1. The lowest BCUT2D eigenvalue weighted by Crippen LogP contribution is -2.56. The molecule has 0 saturated carbocycles. The number of amides is 1. The molecule has 5 nitrogen and oxygen atoms in total. The van der Waals surface area contributed by atoms with E-state index in [0.717, 1.165) is 26.1 Å². The Bertz CT molecular complexity index is 310. The highest BCUT2D eigenvalue weighted by molar-refractivity contribution is 5.68. The molecule has 0 bridgehead atoms. The molecule has 1 amide bonds. The second-order valence-corrected chi connectivity index (χ2v) is 6.25. The normalized spacial score (nSPS) is 24.1. The van der Waals surface area contributed by atoms with E-state index in [1.807, 2.05) is 20.8 Å². The molecule has 19 heavy (non-hydrogen) atoms. The molecule has 1 rings (SSSR count). The number of nitrogens with two attached hydrogens (primary N) is 1. The van der Waals surface area contributed by atoms with Gasteiger partial charge in [-0.1, -0.05) is 13.8 Å². The molecule has 1 atom stereocenters. The minimum atomic E-state index is -0.444. The van der Waals surface area contributed by atoms with E-state index < -0.39 is 5.60 Å². The predicted octanol–water partition coefficient (Wildman–Crippen LogP) is 1.67. The van der Waals surface area contributed by atoms with Gasteiger partial charge in [0.2, 0.25) is 0 Å². The molecule has 0 aromatic rings. The van der Waals surface area contributed by atoms with Crippen molar-refractivity contribution in [3.8, 4) is 0 Å². The van der Waals surface area contributed by atoms with Crippen molar-refractivity contribution in [3.63, 3.8) is 0 Å². The number of ether oxygens (including phenoxy) is 1. The van der Waals surface area contributed by atoms with Crippen molar-refractivity contribution in [1.82, 2.24) is 9.80 Å². The first-order valence-corrected chi connectivity index (χ1v) is 7.21. The number of carbonyl (C=O) groups excluding carboxylic acids is 1. The van der Waals surface area contributed by atoms with E-state index in [1.165, 1.54) is 0 Å². The highest BCUT2D eigenvalue weighted by atomic mass is 16.6. The fraction of sp³-hybridized carbons (Fsp3) is 0.929. The SMILES string of the molecule is CCN(CC)C1(CN)CCN(C(=O)OC(C)(C)C)C1. The lowest BCUT2D eigenvalue weighted by Gasteiger charge is -2.39. The average molecular weight is 271 g/mol. The zero-order chi connectivity index (χ0) is 14.7. The summed E-state index contributed by atoms with van der Waals surface area (Å²) in [4.78, 5) is 16.3. The van der Waals surface area contributed by atoms with Crippen LogP contribution in [0.25, 0.3) is 0 Å². The first-order valence-electron chi connectivity index (χ1n) is 7.21. The predicted molar refractivity (Wildman–Crippen MR) is 77.1 cm³/mol. The van der Waals surface area contributed by atoms with Gasteiger partial charge in [0.1, 0.15) is 5.60 Å². The Balaban J connectivity index is 2.72. The van der Waals surface area contributed by atoms with Crippen molar-refractivity contribution in [2.75, 3.05) is 32.7 Å². The molecule has 5 heteroatoms. The van der Waals surface area contributed by atoms with E-state index in [-0.39, 0.29) is 11.6 Å². The molecule has 1 unspecified atom stereocenters. The molecule has 1 heterocycles. The molecule has 0 aliphatic carbocycles. The van der Waals surface area contributed by atoms with E-state index in [1.54, 1.807) is 4.90 Å². The molecule has 0 aromatic carbocycles. The van der Waals surface area contributed by atoms with Gasteiger partial charge in [0.15, 0.2) is 0 Å². The fourth-order valence-corrected chi connectivity index (χ4v) is 2.79. The Hall–Kier alpha value is -0.810. The van der Waals surface area contributed by atoms with Gasteiger partial charge in [0, 0.05) is 19.6 Å². The highest BCUT2D eigenvalue weighted by Gasteiger charge is 2.43. The third-order valence-corrected chi connectivity index (χ3v) is 3.80. The second-order valence-electron chi connectivity index (χ2n) is 6.25. The van der Waals surface area contributed by atoms with Gasteiger partial charge in [-0.2, -0.15) is 0 Å². The molecule has 0 radical (unpaired) electrons. The summed E-state index contributed by atoms with van der Waals surface area (Å²) in [5, 5.41) is 0. The van der Waals surface area contributed by atoms with Crippen LogP contribution in [0.15, 0.2) is 0 Å². The molecular formula is C14H29N3O2. The summed E-state index contributed by atoms with van der Waals surface area (Å²) in [5.74, 6) is 0. The highest BCUT2D eigenvalue weighted by Crippen LogP contribution is 2.28. The summed E-state index contributed by atoms with van der Waals surface area (Å²) < 4.78 is 5.43. The van der Waals surface area contributed by atoms with Crippen molar-refractivity contribution < 1.29 is 9.53 Å². The van der Waals surface area contributed by atoms with Crippen LogP contribution in [0.5, 0.6) is 0 Å². The quantitative estimate of drug-likeness (QED) is 0.845. The van der Waals surface area contributed by atoms with Crippen LogP contribution < -0.4 is 5.73 Å². The second kappa shape index (κ2) is 6.09. The van der Waals surface area contributed by atoms with Crippen LogP contribution in [0.2, 0.25) is 0 Å². The van der Waals surface area contributed by atoms with Crippen LogP contribution in [0, 0.1) is 0 Å². The number of likely N-dealkylation sites (tertiary alicyclic amines) is 1. The number of rotatable bonds is 4. The molecule has 1 aliphatic rings. The van der Waals surface area contributed by atoms with Gasteiger partial charge in [-0.25, -0.2) is 4.79 Å². The maximum absolute atomic E-state index is 12.1. The minimum absolute atomic E-state index is 0.0829. The van der Waals surface area contributed by atoms with E-state index in [0.29, 0.717) is 13.1 Å². The first kappa shape index (κ1) is 16.2.